The third-order valence-corrected chi connectivity index (χ3v) is 3.89. The van der Waals surface area contributed by atoms with Gasteiger partial charge in [-0.05, 0) is 18.4 Å². The van der Waals surface area contributed by atoms with Crippen molar-refractivity contribution in [3.63, 3.8) is 0 Å². The summed E-state index contributed by atoms with van der Waals surface area (Å²) in [4.78, 5) is 0. The van der Waals surface area contributed by atoms with Gasteiger partial charge in [0.25, 0.3) is 10.1 Å². The lowest BCUT2D eigenvalue weighted by molar-refractivity contribution is 0.323. The van der Waals surface area contributed by atoms with Gasteiger partial charge in [-0.25, -0.2) is 0 Å². The molecule has 1 aliphatic carbocycles. The molecule has 0 aliphatic heterocycles. The molecule has 0 radical (unpaired) electrons. The second kappa shape index (κ2) is 5.84. The average Bonchev–Trinajstić information content (AvgIpc) is 2.77. The highest BCUT2D eigenvalue weighted by Gasteiger charge is 2.15. The molecule has 1 heterocycles. The van der Waals surface area contributed by atoms with E-state index in [1.165, 1.54) is 32.1 Å². The molecule has 2 rings (SSSR count). The highest BCUT2D eigenvalue weighted by molar-refractivity contribution is 7.85. The van der Waals surface area contributed by atoms with Crippen LogP contribution in [0.1, 0.15) is 43.7 Å². The molecule has 1 aliphatic rings. The smallest absolute Gasteiger partial charge is 0.264 e. The van der Waals surface area contributed by atoms with Crippen LogP contribution in [-0.4, -0.2) is 31.1 Å². The molecule has 0 saturated heterocycles. The second-order valence-corrected chi connectivity index (χ2v) is 6.54. The first-order chi connectivity index (χ1) is 8.54. The van der Waals surface area contributed by atoms with Crippen molar-refractivity contribution >= 4 is 10.1 Å². The summed E-state index contributed by atoms with van der Waals surface area (Å²) in [6.45, 7) is 0.190. The Morgan fingerprint density at radius 1 is 1.39 bits per heavy atom. The molecule has 1 aromatic heterocycles. The molecule has 18 heavy (non-hydrogen) atoms. The summed E-state index contributed by atoms with van der Waals surface area (Å²) < 4.78 is 28.4. The molecule has 6 heteroatoms. The molecular weight excluding hydrogens is 252 g/mol. The topological polar surface area (TPSA) is 61.2 Å². The molecule has 102 valence electrons. The monoisotopic (exact) mass is 272 g/mol. The van der Waals surface area contributed by atoms with E-state index < -0.39 is 10.1 Å². The van der Waals surface area contributed by atoms with Crippen molar-refractivity contribution in [1.29, 1.82) is 0 Å². The lowest BCUT2D eigenvalue weighted by Gasteiger charge is -2.21. The van der Waals surface area contributed by atoms with E-state index in [0.717, 1.165) is 11.8 Å². The summed E-state index contributed by atoms with van der Waals surface area (Å²) in [6, 6.07) is 0.517. The van der Waals surface area contributed by atoms with E-state index in [0.29, 0.717) is 12.5 Å². The van der Waals surface area contributed by atoms with Crippen LogP contribution in [0.3, 0.4) is 0 Å². The summed E-state index contributed by atoms with van der Waals surface area (Å²) in [5.74, 6) is 0. The van der Waals surface area contributed by atoms with Gasteiger partial charge in [-0.15, -0.1) is 0 Å². The minimum atomic E-state index is -3.34. The van der Waals surface area contributed by atoms with Gasteiger partial charge >= 0.3 is 0 Å². The third-order valence-electron chi connectivity index (χ3n) is 3.29. The maximum atomic E-state index is 10.8. The third kappa shape index (κ3) is 4.10. The van der Waals surface area contributed by atoms with Gasteiger partial charge in [-0.3, -0.25) is 8.86 Å². The Morgan fingerprint density at radius 2 is 2.11 bits per heavy atom. The Bertz CT molecular complexity index is 475. The van der Waals surface area contributed by atoms with Crippen LogP contribution in [-0.2, 0) is 20.7 Å². The molecule has 0 spiro atoms. The van der Waals surface area contributed by atoms with Crippen molar-refractivity contribution in [2.75, 3.05) is 12.9 Å². The van der Waals surface area contributed by atoms with Crippen LogP contribution in [0, 0.1) is 0 Å². The van der Waals surface area contributed by atoms with Gasteiger partial charge in [0.1, 0.15) is 0 Å². The van der Waals surface area contributed by atoms with Crippen molar-refractivity contribution < 1.29 is 12.6 Å². The van der Waals surface area contributed by atoms with Crippen LogP contribution in [0.4, 0.5) is 0 Å². The SMILES string of the molecule is CS(=O)(=O)OCCc1cnn(C2CCCCC2)c1. The maximum Gasteiger partial charge on any atom is 0.264 e. The summed E-state index contributed by atoms with van der Waals surface area (Å²) in [6.07, 6.45) is 11.7. The standard InChI is InChI=1S/C12H20N2O3S/c1-18(15,16)17-8-7-11-9-13-14(10-11)12-5-3-2-4-6-12/h9-10,12H,2-8H2,1H3. The number of rotatable bonds is 5. The molecule has 1 saturated carbocycles. The van der Waals surface area contributed by atoms with E-state index >= 15 is 0 Å². The molecule has 0 unspecified atom stereocenters. The van der Waals surface area contributed by atoms with Crippen LogP contribution >= 0.6 is 0 Å². The van der Waals surface area contributed by atoms with Crippen LogP contribution in [0.25, 0.3) is 0 Å². The Morgan fingerprint density at radius 3 is 2.78 bits per heavy atom. The van der Waals surface area contributed by atoms with Crippen molar-refractivity contribution in [3.05, 3.63) is 18.0 Å². The van der Waals surface area contributed by atoms with Gasteiger partial charge in [-0.2, -0.15) is 13.5 Å². The van der Waals surface area contributed by atoms with Gasteiger partial charge in [0, 0.05) is 12.6 Å². The first-order valence-corrected chi connectivity index (χ1v) is 8.24. The highest BCUT2D eigenvalue weighted by Crippen LogP contribution is 2.27. The lowest BCUT2D eigenvalue weighted by atomic mass is 9.96. The minimum absolute atomic E-state index is 0.190. The molecule has 0 bridgehead atoms. The molecule has 1 fully saturated rings. The number of nitrogens with zero attached hydrogens (tertiary/aromatic N) is 2. The Labute approximate surface area is 108 Å². The summed E-state index contributed by atoms with van der Waals surface area (Å²) in [5, 5.41) is 4.37. The molecule has 0 atom stereocenters. The minimum Gasteiger partial charge on any atom is -0.270 e. The second-order valence-electron chi connectivity index (χ2n) is 4.90. The first kappa shape index (κ1) is 13.5. The van der Waals surface area contributed by atoms with Gasteiger partial charge in [-0.1, -0.05) is 19.3 Å². The zero-order valence-corrected chi connectivity index (χ0v) is 11.5. The van der Waals surface area contributed by atoms with Gasteiger partial charge in [0.2, 0.25) is 0 Å². The van der Waals surface area contributed by atoms with Crippen molar-refractivity contribution in [2.24, 2.45) is 0 Å². The highest BCUT2D eigenvalue weighted by atomic mass is 32.2. The van der Waals surface area contributed by atoms with E-state index in [-0.39, 0.29) is 6.61 Å². The largest absolute Gasteiger partial charge is 0.270 e. The molecule has 0 N–H and O–H groups in total. The normalized spacial score (nSPS) is 18.1. The van der Waals surface area contributed by atoms with Gasteiger partial charge in [0.15, 0.2) is 0 Å². The Kier molecular flexibility index (Phi) is 4.40. The fourth-order valence-electron chi connectivity index (χ4n) is 2.36. The zero-order valence-electron chi connectivity index (χ0n) is 10.7. The number of hydrogen-bond donors (Lipinski definition) is 0. The number of aromatic nitrogens is 2. The predicted molar refractivity (Wildman–Crippen MR) is 68.8 cm³/mol. The Balaban J connectivity index is 1.85. The van der Waals surface area contributed by atoms with Gasteiger partial charge in [0.05, 0.1) is 25.1 Å². The maximum absolute atomic E-state index is 10.8. The van der Waals surface area contributed by atoms with Crippen LogP contribution < -0.4 is 0 Å². The quantitative estimate of drug-likeness (QED) is 0.768. The molecule has 0 aromatic carbocycles. The van der Waals surface area contributed by atoms with Crippen LogP contribution in [0.2, 0.25) is 0 Å². The van der Waals surface area contributed by atoms with Crippen LogP contribution in [0.5, 0.6) is 0 Å². The first-order valence-electron chi connectivity index (χ1n) is 6.42. The van der Waals surface area contributed by atoms with E-state index in [1.54, 1.807) is 6.20 Å². The predicted octanol–water partition coefficient (Wildman–Crippen LogP) is 1.91. The van der Waals surface area contributed by atoms with Crippen molar-refractivity contribution in [2.45, 2.75) is 44.6 Å². The van der Waals surface area contributed by atoms with E-state index in [2.05, 4.69) is 5.10 Å². The fraction of sp³-hybridized carbons (Fsp3) is 0.750. The zero-order chi connectivity index (χ0) is 13.0. The molecule has 1 aromatic rings. The average molecular weight is 272 g/mol. The van der Waals surface area contributed by atoms with Gasteiger partial charge < -0.3 is 0 Å². The fourth-order valence-corrected chi connectivity index (χ4v) is 2.75. The Hall–Kier alpha value is -0.880. The van der Waals surface area contributed by atoms with E-state index in [4.69, 9.17) is 4.18 Å². The lowest BCUT2D eigenvalue weighted by Crippen LogP contribution is -2.13. The van der Waals surface area contributed by atoms with E-state index in [1.807, 2.05) is 10.9 Å². The molecule has 5 nitrogen and oxygen atoms in total. The summed E-state index contributed by atoms with van der Waals surface area (Å²) in [5.41, 5.74) is 1.03. The van der Waals surface area contributed by atoms with Crippen molar-refractivity contribution in [1.82, 2.24) is 9.78 Å². The summed E-state index contributed by atoms with van der Waals surface area (Å²) in [7, 11) is -3.34. The molecule has 0 amide bonds. The molecular formula is C12H20N2O3S. The summed E-state index contributed by atoms with van der Waals surface area (Å²) >= 11 is 0. The number of hydrogen-bond acceptors (Lipinski definition) is 4. The van der Waals surface area contributed by atoms with Crippen molar-refractivity contribution in [3.8, 4) is 0 Å². The van der Waals surface area contributed by atoms with E-state index in [9.17, 15) is 8.42 Å². The van der Waals surface area contributed by atoms with Crippen LogP contribution in [0.15, 0.2) is 12.4 Å².